The summed E-state index contributed by atoms with van der Waals surface area (Å²) < 4.78 is 12.8. The van der Waals surface area contributed by atoms with Crippen molar-refractivity contribution < 1.29 is 13.9 Å². The van der Waals surface area contributed by atoms with Crippen LogP contribution in [0.2, 0.25) is 0 Å². The summed E-state index contributed by atoms with van der Waals surface area (Å²) in [5, 5.41) is 4.17. The zero-order valence-corrected chi connectivity index (χ0v) is 13.2. The second-order valence-corrected chi connectivity index (χ2v) is 5.83. The second-order valence-electron chi connectivity index (χ2n) is 5.83. The van der Waals surface area contributed by atoms with E-state index in [1.807, 2.05) is 33.3 Å². The average molecular weight is 303 g/mol. The lowest BCUT2D eigenvalue weighted by atomic mass is 9.96. The Morgan fingerprint density at radius 1 is 1.55 bits per heavy atom. The molecule has 2 aromatic heterocycles. The normalized spacial score (nSPS) is 21.2. The lowest BCUT2D eigenvalue weighted by Gasteiger charge is -2.23. The standard InChI is InChI=1S/C16H21N3O3/c1-11-12(4-6-21-11)9-18(2)16(20)14-5-7-22-15(14)13-8-17-19(3)10-13/h4,6,8,10,14-15H,5,7,9H2,1-3H3/t14-,15+/m0/s1. The number of aryl methyl sites for hydroxylation is 2. The number of carbonyl (C=O) groups excluding carboxylic acids is 1. The topological polar surface area (TPSA) is 60.5 Å². The summed E-state index contributed by atoms with van der Waals surface area (Å²) in [7, 11) is 3.69. The number of amides is 1. The maximum atomic E-state index is 12.8. The molecule has 0 aromatic carbocycles. The lowest BCUT2D eigenvalue weighted by molar-refractivity contribution is -0.136. The summed E-state index contributed by atoms with van der Waals surface area (Å²) in [6.07, 6.45) is 5.88. The first-order valence-corrected chi connectivity index (χ1v) is 7.44. The molecular weight excluding hydrogens is 282 g/mol. The van der Waals surface area contributed by atoms with Crippen LogP contribution in [0.3, 0.4) is 0 Å². The Morgan fingerprint density at radius 2 is 2.36 bits per heavy atom. The Hall–Kier alpha value is -2.08. The van der Waals surface area contributed by atoms with Gasteiger partial charge in [-0.15, -0.1) is 0 Å². The number of nitrogens with zero attached hydrogens (tertiary/aromatic N) is 3. The van der Waals surface area contributed by atoms with Gasteiger partial charge < -0.3 is 14.1 Å². The number of rotatable bonds is 4. The third-order valence-electron chi connectivity index (χ3n) is 4.21. The molecule has 0 bridgehead atoms. The summed E-state index contributed by atoms with van der Waals surface area (Å²) in [6, 6.07) is 1.91. The number of hydrogen-bond acceptors (Lipinski definition) is 4. The second kappa shape index (κ2) is 5.96. The molecule has 3 heterocycles. The predicted molar refractivity (Wildman–Crippen MR) is 79.9 cm³/mol. The minimum Gasteiger partial charge on any atom is -0.469 e. The highest BCUT2D eigenvalue weighted by atomic mass is 16.5. The van der Waals surface area contributed by atoms with E-state index < -0.39 is 0 Å². The Morgan fingerprint density at radius 3 is 3.00 bits per heavy atom. The fourth-order valence-electron chi connectivity index (χ4n) is 2.95. The highest BCUT2D eigenvalue weighted by Crippen LogP contribution is 2.35. The molecule has 1 amide bonds. The van der Waals surface area contributed by atoms with Crippen LogP contribution in [0.5, 0.6) is 0 Å². The van der Waals surface area contributed by atoms with Crippen LogP contribution in [-0.2, 0) is 23.1 Å². The van der Waals surface area contributed by atoms with E-state index in [1.165, 1.54) is 0 Å². The van der Waals surface area contributed by atoms with Gasteiger partial charge in [0, 0.05) is 44.6 Å². The van der Waals surface area contributed by atoms with Crippen molar-refractivity contribution >= 4 is 5.91 Å². The van der Waals surface area contributed by atoms with Gasteiger partial charge in [0.2, 0.25) is 5.91 Å². The van der Waals surface area contributed by atoms with E-state index >= 15 is 0 Å². The smallest absolute Gasteiger partial charge is 0.228 e. The van der Waals surface area contributed by atoms with Crippen LogP contribution in [0.4, 0.5) is 0 Å². The maximum absolute atomic E-state index is 12.8. The quantitative estimate of drug-likeness (QED) is 0.867. The van der Waals surface area contributed by atoms with Crippen LogP contribution in [0.1, 0.15) is 29.4 Å². The average Bonchev–Trinajstić information content (AvgIpc) is 3.20. The van der Waals surface area contributed by atoms with Crippen molar-refractivity contribution in [2.45, 2.75) is 26.0 Å². The van der Waals surface area contributed by atoms with Crippen molar-refractivity contribution in [2.24, 2.45) is 13.0 Å². The van der Waals surface area contributed by atoms with Gasteiger partial charge >= 0.3 is 0 Å². The molecule has 0 aliphatic carbocycles. The number of ether oxygens (including phenoxy) is 1. The molecule has 1 aliphatic heterocycles. The van der Waals surface area contributed by atoms with Crippen molar-refractivity contribution in [3.8, 4) is 0 Å². The molecule has 1 aliphatic rings. The minimum absolute atomic E-state index is 0.104. The van der Waals surface area contributed by atoms with E-state index in [0.29, 0.717) is 13.2 Å². The molecule has 6 nitrogen and oxygen atoms in total. The molecule has 2 atom stereocenters. The Labute approximate surface area is 129 Å². The van der Waals surface area contributed by atoms with Gasteiger partial charge in [0.15, 0.2) is 0 Å². The van der Waals surface area contributed by atoms with Crippen LogP contribution in [0.15, 0.2) is 29.1 Å². The summed E-state index contributed by atoms with van der Waals surface area (Å²) in [4.78, 5) is 14.5. The number of hydrogen-bond donors (Lipinski definition) is 0. The molecule has 0 N–H and O–H groups in total. The summed E-state index contributed by atoms with van der Waals surface area (Å²) in [6.45, 7) is 3.07. The first kappa shape index (κ1) is 14.8. The third kappa shape index (κ3) is 2.78. The molecule has 2 aromatic rings. The molecule has 6 heteroatoms. The Bertz CT molecular complexity index is 661. The van der Waals surface area contributed by atoms with Crippen LogP contribution < -0.4 is 0 Å². The molecule has 0 unspecified atom stereocenters. The SMILES string of the molecule is Cc1occc1CN(C)C(=O)[C@H]1CCO[C@@H]1c1cnn(C)c1. The van der Waals surface area contributed by atoms with Crippen LogP contribution >= 0.6 is 0 Å². The van der Waals surface area contributed by atoms with Crippen molar-refractivity contribution in [3.05, 3.63) is 41.6 Å². The van der Waals surface area contributed by atoms with Crippen LogP contribution in [0, 0.1) is 12.8 Å². The van der Waals surface area contributed by atoms with Crippen molar-refractivity contribution in [3.63, 3.8) is 0 Å². The van der Waals surface area contributed by atoms with E-state index in [4.69, 9.17) is 9.15 Å². The largest absolute Gasteiger partial charge is 0.469 e. The molecule has 3 rings (SSSR count). The van der Waals surface area contributed by atoms with Crippen LogP contribution in [0.25, 0.3) is 0 Å². The Kier molecular flexibility index (Phi) is 4.02. The minimum atomic E-state index is -0.200. The lowest BCUT2D eigenvalue weighted by Crippen LogP contribution is -2.34. The van der Waals surface area contributed by atoms with Crippen molar-refractivity contribution in [1.82, 2.24) is 14.7 Å². The molecule has 1 fully saturated rings. The first-order valence-electron chi connectivity index (χ1n) is 7.44. The van der Waals surface area contributed by atoms with E-state index in [2.05, 4.69) is 5.10 Å². The first-order chi connectivity index (χ1) is 10.6. The molecule has 118 valence electrons. The fraction of sp³-hybridized carbons (Fsp3) is 0.500. The highest BCUT2D eigenvalue weighted by molar-refractivity contribution is 5.79. The summed E-state index contributed by atoms with van der Waals surface area (Å²) in [5.74, 6) is 0.805. The van der Waals surface area contributed by atoms with E-state index in [0.717, 1.165) is 23.3 Å². The monoisotopic (exact) mass is 303 g/mol. The summed E-state index contributed by atoms with van der Waals surface area (Å²) in [5.41, 5.74) is 2.00. The van der Waals surface area contributed by atoms with Gasteiger partial charge in [-0.2, -0.15) is 5.10 Å². The van der Waals surface area contributed by atoms with Gasteiger partial charge in [0.25, 0.3) is 0 Å². The molecular formula is C16H21N3O3. The van der Waals surface area contributed by atoms with E-state index in [1.54, 1.807) is 22.0 Å². The van der Waals surface area contributed by atoms with Gasteiger partial charge in [-0.3, -0.25) is 9.48 Å². The van der Waals surface area contributed by atoms with Gasteiger partial charge in [-0.25, -0.2) is 0 Å². The zero-order valence-electron chi connectivity index (χ0n) is 13.2. The van der Waals surface area contributed by atoms with Gasteiger partial charge in [0.1, 0.15) is 5.76 Å². The van der Waals surface area contributed by atoms with Gasteiger partial charge in [-0.1, -0.05) is 0 Å². The summed E-state index contributed by atoms with van der Waals surface area (Å²) >= 11 is 0. The van der Waals surface area contributed by atoms with E-state index in [-0.39, 0.29) is 17.9 Å². The van der Waals surface area contributed by atoms with Gasteiger partial charge in [0.05, 0.1) is 24.5 Å². The molecule has 0 saturated carbocycles. The van der Waals surface area contributed by atoms with Crippen LogP contribution in [-0.4, -0.2) is 34.2 Å². The molecule has 22 heavy (non-hydrogen) atoms. The molecule has 1 saturated heterocycles. The molecule has 0 radical (unpaired) electrons. The zero-order chi connectivity index (χ0) is 15.7. The predicted octanol–water partition coefficient (Wildman–Crippen LogP) is 2.06. The van der Waals surface area contributed by atoms with Crippen molar-refractivity contribution in [1.29, 1.82) is 0 Å². The Balaban J connectivity index is 1.71. The number of aromatic nitrogens is 2. The number of furan rings is 1. The van der Waals surface area contributed by atoms with Gasteiger partial charge in [-0.05, 0) is 19.4 Å². The van der Waals surface area contributed by atoms with Crippen molar-refractivity contribution in [2.75, 3.05) is 13.7 Å². The number of carbonyl (C=O) groups is 1. The highest BCUT2D eigenvalue weighted by Gasteiger charge is 2.37. The third-order valence-corrected chi connectivity index (χ3v) is 4.21. The fourth-order valence-corrected chi connectivity index (χ4v) is 2.95. The maximum Gasteiger partial charge on any atom is 0.228 e. The molecule has 0 spiro atoms. The van der Waals surface area contributed by atoms with E-state index in [9.17, 15) is 4.79 Å².